The van der Waals surface area contributed by atoms with E-state index in [4.69, 9.17) is 0 Å². The molecule has 0 spiro atoms. The summed E-state index contributed by atoms with van der Waals surface area (Å²) >= 11 is 0. The summed E-state index contributed by atoms with van der Waals surface area (Å²) < 4.78 is 0. The molecule has 0 saturated carbocycles. The highest BCUT2D eigenvalue weighted by Crippen LogP contribution is 2.53. The van der Waals surface area contributed by atoms with Crippen LogP contribution in [0, 0.1) is 0 Å². The van der Waals surface area contributed by atoms with Gasteiger partial charge in [0.2, 0.25) is 5.72 Å². The third kappa shape index (κ3) is 0.916. The van der Waals surface area contributed by atoms with E-state index in [1.54, 1.807) is 23.9 Å². The van der Waals surface area contributed by atoms with Gasteiger partial charge < -0.3 is 14.9 Å². The summed E-state index contributed by atoms with van der Waals surface area (Å²) in [6, 6.07) is 7.82. The van der Waals surface area contributed by atoms with Crippen LogP contribution in [0.3, 0.4) is 0 Å². The second-order valence-electron chi connectivity index (χ2n) is 5.24. The molecule has 2 unspecified atom stereocenters. The molecule has 4 heteroatoms. The molecule has 3 rings (SSSR count). The van der Waals surface area contributed by atoms with Crippen molar-refractivity contribution in [3.63, 3.8) is 0 Å². The van der Waals surface area contributed by atoms with E-state index < -0.39 is 11.1 Å². The van der Waals surface area contributed by atoms with Crippen LogP contribution < -0.4 is 4.90 Å². The Morgan fingerprint density at radius 3 is 2.65 bits per heavy atom. The maximum Gasteiger partial charge on any atom is 0.276 e. The highest BCUT2D eigenvalue weighted by molar-refractivity contribution is 5.96. The minimum Gasteiger partial charge on any atom is -0.362 e. The fraction of sp³-hybridized carbons (Fsp3) is 0.462. The predicted octanol–water partition coefficient (Wildman–Crippen LogP) is 0.555. The number of anilines is 1. The second-order valence-corrected chi connectivity index (χ2v) is 5.24. The first-order chi connectivity index (χ1) is 7.93. The summed E-state index contributed by atoms with van der Waals surface area (Å²) in [5.41, 5.74) is -0.00282. The Balaban J connectivity index is 2.30. The molecule has 2 aliphatic rings. The van der Waals surface area contributed by atoms with Crippen LogP contribution in [0.25, 0.3) is 0 Å². The van der Waals surface area contributed by atoms with Gasteiger partial charge in [0, 0.05) is 26.3 Å². The molecule has 1 aromatic carbocycles. The number of rotatable bonds is 0. The van der Waals surface area contributed by atoms with Gasteiger partial charge in [-0.3, -0.25) is 4.79 Å². The molecule has 1 aromatic rings. The molecular weight excluding hydrogens is 216 g/mol. The number of likely N-dealkylation sites (N-methyl/N-ethyl adjacent to an activating group) is 2. The van der Waals surface area contributed by atoms with E-state index in [-0.39, 0.29) is 5.91 Å². The van der Waals surface area contributed by atoms with Gasteiger partial charge in [-0.05, 0) is 18.6 Å². The van der Waals surface area contributed by atoms with Gasteiger partial charge in [0.05, 0.1) is 5.41 Å². The summed E-state index contributed by atoms with van der Waals surface area (Å²) in [4.78, 5) is 15.5. The van der Waals surface area contributed by atoms with Crippen molar-refractivity contribution >= 4 is 11.6 Å². The standard InChI is InChI=1S/C13H16N2O2/c1-12-8-14(2)11(16)13(12,17)15(3)10-7-5-4-6-9(10)12/h4-7,17H,8H2,1-3H3. The quantitative estimate of drug-likeness (QED) is 0.710. The number of nitrogens with zero attached hydrogens (tertiary/aromatic N) is 2. The molecule has 2 aliphatic heterocycles. The highest BCUT2D eigenvalue weighted by atomic mass is 16.3. The van der Waals surface area contributed by atoms with Gasteiger partial charge in [-0.1, -0.05) is 18.2 Å². The van der Waals surface area contributed by atoms with E-state index >= 15 is 0 Å². The third-order valence-electron chi connectivity index (χ3n) is 4.31. The summed E-state index contributed by atoms with van der Waals surface area (Å²) in [6.07, 6.45) is 0. The van der Waals surface area contributed by atoms with Gasteiger partial charge in [0.1, 0.15) is 0 Å². The van der Waals surface area contributed by atoms with E-state index in [1.165, 1.54) is 0 Å². The molecule has 0 bridgehead atoms. The predicted molar refractivity (Wildman–Crippen MR) is 64.8 cm³/mol. The van der Waals surface area contributed by atoms with Crippen molar-refractivity contribution in [2.24, 2.45) is 0 Å². The van der Waals surface area contributed by atoms with E-state index in [0.29, 0.717) is 6.54 Å². The number of benzene rings is 1. The first kappa shape index (κ1) is 10.6. The molecule has 0 aromatic heterocycles. The van der Waals surface area contributed by atoms with E-state index in [1.807, 2.05) is 31.2 Å². The van der Waals surface area contributed by atoms with Crippen molar-refractivity contribution in [1.29, 1.82) is 0 Å². The van der Waals surface area contributed by atoms with Crippen molar-refractivity contribution in [2.75, 3.05) is 25.5 Å². The van der Waals surface area contributed by atoms with Crippen LogP contribution >= 0.6 is 0 Å². The van der Waals surface area contributed by atoms with Crippen LogP contribution in [-0.4, -0.2) is 42.3 Å². The highest BCUT2D eigenvalue weighted by Gasteiger charge is 2.67. The lowest BCUT2D eigenvalue weighted by atomic mass is 9.78. The zero-order chi connectivity index (χ0) is 12.4. The number of likely N-dealkylation sites (tertiary alicyclic amines) is 1. The number of aliphatic hydroxyl groups is 1. The van der Waals surface area contributed by atoms with Crippen molar-refractivity contribution in [3.05, 3.63) is 29.8 Å². The lowest BCUT2D eigenvalue weighted by Gasteiger charge is -2.34. The number of amides is 1. The Kier molecular flexibility index (Phi) is 1.76. The van der Waals surface area contributed by atoms with Crippen LogP contribution in [0.1, 0.15) is 12.5 Å². The zero-order valence-electron chi connectivity index (χ0n) is 10.3. The average molecular weight is 232 g/mol. The molecule has 90 valence electrons. The Labute approximate surface area is 100 Å². The van der Waals surface area contributed by atoms with E-state index in [0.717, 1.165) is 11.3 Å². The van der Waals surface area contributed by atoms with Crippen LogP contribution in [0.2, 0.25) is 0 Å². The van der Waals surface area contributed by atoms with Crippen molar-refractivity contribution < 1.29 is 9.90 Å². The van der Waals surface area contributed by atoms with Gasteiger partial charge in [0.15, 0.2) is 0 Å². The fourth-order valence-corrected chi connectivity index (χ4v) is 3.35. The van der Waals surface area contributed by atoms with Crippen molar-refractivity contribution in [2.45, 2.75) is 18.1 Å². The summed E-state index contributed by atoms with van der Waals surface area (Å²) in [5, 5.41) is 10.9. The minimum atomic E-state index is -1.44. The third-order valence-corrected chi connectivity index (χ3v) is 4.31. The summed E-state index contributed by atoms with van der Waals surface area (Å²) in [6.45, 7) is 2.50. The normalized spacial score (nSPS) is 35.2. The molecule has 4 nitrogen and oxygen atoms in total. The summed E-state index contributed by atoms with van der Waals surface area (Å²) in [7, 11) is 3.52. The lowest BCUT2D eigenvalue weighted by molar-refractivity contribution is -0.143. The fourth-order valence-electron chi connectivity index (χ4n) is 3.35. The molecule has 1 fully saturated rings. The first-order valence-electron chi connectivity index (χ1n) is 5.74. The molecule has 1 N–H and O–H groups in total. The number of fused-ring (bicyclic) bond motifs is 3. The zero-order valence-corrected chi connectivity index (χ0v) is 10.3. The van der Waals surface area contributed by atoms with Crippen LogP contribution in [0.15, 0.2) is 24.3 Å². The smallest absolute Gasteiger partial charge is 0.276 e. The Morgan fingerprint density at radius 1 is 1.29 bits per heavy atom. The SMILES string of the molecule is CN1CC2(C)c3ccccc3N(C)C2(O)C1=O. The molecule has 2 atom stereocenters. The van der Waals surface area contributed by atoms with Crippen LogP contribution in [0.5, 0.6) is 0 Å². The topological polar surface area (TPSA) is 43.8 Å². The molecule has 1 saturated heterocycles. The van der Waals surface area contributed by atoms with Gasteiger partial charge in [-0.25, -0.2) is 0 Å². The molecular formula is C13H16N2O2. The number of carbonyl (C=O) groups is 1. The van der Waals surface area contributed by atoms with Crippen LogP contribution in [-0.2, 0) is 10.2 Å². The number of carbonyl (C=O) groups excluding carboxylic acids is 1. The monoisotopic (exact) mass is 232 g/mol. The maximum atomic E-state index is 12.2. The maximum absolute atomic E-state index is 12.2. The molecule has 1 amide bonds. The number of hydrogen-bond donors (Lipinski definition) is 1. The largest absolute Gasteiger partial charge is 0.362 e. The average Bonchev–Trinajstić information content (AvgIpc) is 2.60. The summed E-state index contributed by atoms with van der Waals surface area (Å²) in [5.74, 6) is -0.223. The van der Waals surface area contributed by atoms with Crippen LogP contribution in [0.4, 0.5) is 5.69 Å². The van der Waals surface area contributed by atoms with Gasteiger partial charge >= 0.3 is 0 Å². The minimum absolute atomic E-state index is 0.223. The van der Waals surface area contributed by atoms with E-state index in [9.17, 15) is 9.90 Å². The Bertz CT molecular complexity index is 516. The second kappa shape index (κ2) is 2.82. The lowest BCUT2D eigenvalue weighted by Crippen LogP contribution is -2.58. The Hall–Kier alpha value is -1.55. The Morgan fingerprint density at radius 2 is 1.94 bits per heavy atom. The van der Waals surface area contributed by atoms with Gasteiger partial charge in [-0.2, -0.15) is 0 Å². The van der Waals surface area contributed by atoms with E-state index in [2.05, 4.69) is 0 Å². The molecule has 0 aliphatic carbocycles. The van der Waals surface area contributed by atoms with Crippen molar-refractivity contribution in [3.8, 4) is 0 Å². The van der Waals surface area contributed by atoms with Gasteiger partial charge in [0.25, 0.3) is 5.91 Å². The first-order valence-corrected chi connectivity index (χ1v) is 5.74. The van der Waals surface area contributed by atoms with Gasteiger partial charge in [-0.15, -0.1) is 0 Å². The molecule has 0 radical (unpaired) electrons. The molecule has 2 heterocycles. The number of hydrogen-bond acceptors (Lipinski definition) is 3. The van der Waals surface area contributed by atoms with Crippen molar-refractivity contribution in [1.82, 2.24) is 4.90 Å². The number of para-hydroxylation sites is 1. The molecule has 17 heavy (non-hydrogen) atoms.